The van der Waals surface area contributed by atoms with Crippen LogP contribution in [0.1, 0.15) is 24.0 Å². The molecule has 0 unspecified atom stereocenters. The first-order valence-corrected chi connectivity index (χ1v) is 7.76. The fraction of sp³-hybridized carbons (Fsp3) is 0.538. The van der Waals surface area contributed by atoms with E-state index in [4.69, 9.17) is 5.73 Å². The van der Waals surface area contributed by atoms with E-state index in [2.05, 4.69) is 0 Å². The zero-order valence-electron chi connectivity index (χ0n) is 10.6. The molecule has 3 N–H and O–H groups in total. The highest BCUT2D eigenvalue weighted by atomic mass is 32.2. The molecule has 2 rings (SSSR count). The van der Waals surface area contributed by atoms with Gasteiger partial charge in [0.05, 0.1) is 17.4 Å². The second-order valence-corrected chi connectivity index (χ2v) is 7.44. The lowest BCUT2D eigenvalue weighted by Gasteiger charge is -2.07. The molecule has 0 radical (unpaired) electrons. The lowest BCUT2D eigenvalue weighted by Crippen LogP contribution is -2.35. The molecule has 1 aliphatic rings. The van der Waals surface area contributed by atoms with E-state index in [1.54, 1.807) is 6.92 Å². The first kappa shape index (κ1) is 13.5. The van der Waals surface area contributed by atoms with Crippen LogP contribution in [0.15, 0.2) is 24.3 Å². The Morgan fingerprint density at radius 1 is 1.33 bits per heavy atom. The monoisotopic (exact) mass is 269 g/mol. The number of sulfone groups is 1. The third kappa shape index (κ3) is 1.96. The van der Waals surface area contributed by atoms with E-state index in [1.807, 2.05) is 31.2 Å². The van der Waals surface area contributed by atoms with E-state index >= 15 is 0 Å². The van der Waals surface area contributed by atoms with Crippen LogP contribution in [0.2, 0.25) is 0 Å². The molecule has 4 nitrogen and oxygen atoms in total. The van der Waals surface area contributed by atoms with Gasteiger partial charge in [0, 0.05) is 11.7 Å². The van der Waals surface area contributed by atoms with Gasteiger partial charge in [0.15, 0.2) is 9.84 Å². The molecular weight excluding hydrogens is 250 g/mol. The smallest absolute Gasteiger partial charge is 0.155 e. The van der Waals surface area contributed by atoms with Gasteiger partial charge < -0.3 is 10.8 Å². The molecule has 0 bridgehead atoms. The number of nitrogens with two attached hydrogens (primary N) is 1. The number of aliphatic hydroxyl groups is 1. The van der Waals surface area contributed by atoms with Crippen LogP contribution in [-0.4, -0.2) is 36.7 Å². The molecule has 1 aliphatic carbocycles. The van der Waals surface area contributed by atoms with Gasteiger partial charge in [-0.2, -0.15) is 0 Å². The zero-order valence-corrected chi connectivity index (χ0v) is 11.4. The fourth-order valence-corrected chi connectivity index (χ4v) is 4.59. The third-order valence-corrected chi connectivity index (χ3v) is 6.09. The van der Waals surface area contributed by atoms with E-state index in [-0.39, 0.29) is 18.3 Å². The number of rotatable bonds is 4. The number of hydrogen-bond acceptors (Lipinski definition) is 4. The Hall–Kier alpha value is -0.910. The second kappa shape index (κ2) is 4.33. The number of aryl methyl sites for hydroxylation is 1. The Bertz CT molecular complexity index is 538. The molecule has 1 fully saturated rings. The summed E-state index contributed by atoms with van der Waals surface area (Å²) in [5, 5.41) is 8.73. The van der Waals surface area contributed by atoms with Crippen LogP contribution in [0.25, 0.3) is 0 Å². The highest BCUT2D eigenvalue weighted by Gasteiger charge is 2.68. The van der Waals surface area contributed by atoms with Gasteiger partial charge in [-0.1, -0.05) is 36.8 Å². The molecule has 0 saturated heterocycles. The van der Waals surface area contributed by atoms with Crippen LogP contribution in [0, 0.1) is 6.92 Å². The molecule has 1 aromatic carbocycles. The fourth-order valence-electron chi connectivity index (χ4n) is 2.59. The van der Waals surface area contributed by atoms with E-state index < -0.39 is 20.6 Å². The summed E-state index contributed by atoms with van der Waals surface area (Å²) < 4.78 is 24.0. The molecule has 0 spiro atoms. The summed E-state index contributed by atoms with van der Waals surface area (Å²) in [7, 11) is -3.24. The maximum Gasteiger partial charge on any atom is 0.155 e. The summed E-state index contributed by atoms with van der Waals surface area (Å²) in [6.45, 7) is 3.27. The van der Waals surface area contributed by atoms with E-state index in [0.717, 1.165) is 11.1 Å². The summed E-state index contributed by atoms with van der Waals surface area (Å²) in [4.78, 5) is 0. The normalized spacial score (nSPS) is 31.3. The number of hydrogen-bond donors (Lipinski definition) is 2. The molecule has 0 aromatic heterocycles. The van der Waals surface area contributed by atoms with Gasteiger partial charge in [0.2, 0.25) is 0 Å². The predicted octanol–water partition coefficient (Wildman–Crippen LogP) is 0.585. The van der Waals surface area contributed by atoms with Crippen molar-refractivity contribution < 1.29 is 13.5 Å². The van der Waals surface area contributed by atoms with Crippen molar-refractivity contribution in [1.82, 2.24) is 0 Å². The number of benzene rings is 1. The van der Waals surface area contributed by atoms with Crippen molar-refractivity contribution in [3.8, 4) is 0 Å². The summed E-state index contributed by atoms with van der Waals surface area (Å²) >= 11 is 0. The van der Waals surface area contributed by atoms with Crippen LogP contribution in [0.5, 0.6) is 0 Å². The van der Waals surface area contributed by atoms with Gasteiger partial charge in [-0.05, 0) is 12.5 Å². The van der Waals surface area contributed by atoms with Crippen molar-refractivity contribution in [1.29, 1.82) is 0 Å². The van der Waals surface area contributed by atoms with Gasteiger partial charge in [-0.3, -0.25) is 0 Å². The Labute approximate surface area is 108 Å². The summed E-state index contributed by atoms with van der Waals surface area (Å²) in [6, 6.07) is 7.65. The lowest BCUT2D eigenvalue weighted by atomic mass is 10.1. The minimum Gasteiger partial charge on any atom is -0.394 e. The van der Waals surface area contributed by atoms with Crippen molar-refractivity contribution >= 4 is 9.84 Å². The van der Waals surface area contributed by atoms with E-state index in [1.165, 1.54) is 0 Å². The number of aliphatic hydroxyl groups excluding tert-OH is 1. The van der Waals surface area contributed by atoms with Crippen LogP contribution < -0.4 is 5.73 Å². The summed E-state index contributed by atoms with van der Waals surface area (Å²) in [6.07, 6.45) is 0. The minimum absolute atomic E-state index is 0.0545. The highest BCUT2D eigenvalue weighted by Crippen LogP contribution is 2.53. The molecule has 0 heterocycles. The van der Waals surface area contributed by atoms with Crippen molar-refractivity contribution in [2.75, 3.05) is 12.4 Å². The van der Waals surface area contributed by atoms with E-state index in [0.29, 0.717) is 0 Å². The molecular formula is C13H19NO3S. The van der Waals surface area contributed by atoms with Crippen molar-refractivity contribution in [3.63, 3.8) is 0 Å². The molecule has 0 amide bonds. The summed E-state index contributed by atoms with van der Waals surface area (Å²) in [5.41, 5.74) is 7.01. The van der Waals surface area contributed by atoms with Crippen molar-refractivity contribution in [3.05, 3.63) is 35.4 Å². The van der Waals surface area contributed by atoms with Gasteiger partial charge in [0.1, 0.15) is 0 Å². The van der Waals surface area contributed by atoms with Crippen LogP contribution in [0.3, 0.4) is 0 Å². The topological polar surface area (TPSA) is 80.4 Å². The second-order valence-electron chi connectivity index (χ2n) is 5.03. The predicted molar refractivity (Wildman–Crippen MR) is 71.2 cm³/mol. The first-order chi connectivity index (χ1) is 8.36. The molecule has 0 aliphatic heterocycles. The minimum atomic E-state index is -3.24. The Balaban J connectivity index is 2.37. The van der Waals surface area contributed by atoms with Crippen LogP contribution >= 0.6 is 0 Å². The largest absolute Gasteiger partial charge is 0.394 e. The van der Waals surface area contributed by atoms with Gasteiger partial charge >= 0.3 is 0 Å². The van der Waals surface area contributed by atoms with Gasteiger partial charge in [-0.15, -0.1) is 0 Å². The molecule has 5 heteroatoms. The molecule has 18 heavy (non-hydrogen) atoms. The highest BCUT2D eigenvalue weighted by molar-refractivity contribution is 7.92. The standard InChI is InChI=1S/C13H19NO3S/c1-3-18(16,17)12-11(13(12,14)8-15)10-6-4-9(2)5-7-10/h4-7,11-12,15H,3,8,14H2,1-2H3/t11-,12+,13+/m1/s1. The maximum absolute atomic E-state index is 12.0. The quantitative estimate of drug-likeness (QED) is 0.838. The SMILES string of the molecule is CCS(=O)(=O)[C@H]1[C@@H](c2ccc(C)cc2)[C@@]1(N)CO. The van der Waals surface area contributed by atoms with Gasteiger partial charge in [-0.25, -0.2) is 8.42 Å². The Morgan fingerprint density at radius 2 is 1.89 bits per heavy atom. The van der Waals surface area contributed by atoms with E-state index in [9.17, 15) is 13.5 Å². The van der Waals surface area contributed by atoms with Crippen molar-refractivity contribution in [2.45, 2.75) is 30.6 Å². The van der Waals surface area contributed by atoms with Gasteiger partial charge in [0.25, 0.3) is 0 Å². The Kier molecular flexibility index (Phi) is 3.25. The lowest BCUT2D eigenvalue weighted by molar-refractivity contribution is 0.253. The molecule has 100 valence electrons. The first-order valence-electron chi connectivity index (χ1n) is 6.04. The third-order valence-electron chi connectivity index (χ3n) is 3.80. The Morgan fingerprint density at radius 3 is 2.33 bits per heavy atom. The molecule has 1 saturated carbocycles. The van der Waals surface area contributed by atoms with Crippen LogP contribution in [0.4, 0.5) is 0 Å². The average molecular weight is 269 g/mol. The summed E-state index contributed by atoms with van der Waals surface area (Å²) in [5.74, 6) is -0.244. The zero-order chi connectivity index (χ0) is 13.6. The molecule has 3 atom stereocenters. The van der Waals surface area contributed by atoms with Crippen LogP contribution in [-0.2, 0) is 9.84 Å². The maximum atomic E-state index is 12.0. The molecule has 1 aromatic rings. The average Bonchev–Trinajstić information content (AvgIpc) is 2.98. The van der Waals surface area contributed by atoms with Crippen molar-refractivity contribution in [2.24, 2.45) is 5.73 Å².